The fraction of sp³-hybridized carbons (Fsp3) is 0.320. The highest BCUT2D eigenvalue weighted by Crippen LogP contribution is 2.23. The van der Waals surface area contributed by atoms with Crippen molar-refractivity contribution < 1.29 is 28.5 Å². The van der Waals surface area contributed by atoms with Gasteiger partial charge in [0.25, 0.3) is 5.91 Å². The molecule has 0 saturated heterocycles. The van der Waals surface area contributed by atoms with Gasteiger partial charge < -0.3 is 29.6 Å². The van der Waals surface area contributed by atoms with Crippen LogP contribution in [-0.4, -0.2) is 56.9 Å². The number of hydrogen-bond acceptors (Lipinski definition) is 7. The van der Waals surface area contributed by atoms with Crippen LogP contribution in [0.4, 0.5) is 5.69 Å². The maximum atomic E-state index is 12.3. The highest BCUT2D eigenvalue weighted by Gasteiger charge is 2.08. The fourth-order valence-corrected chi connectivity index (χ4v) is 2.68. The summed E-state index contributed by atoms with van der Waals surface area (Å²) in [5, 5.41) is 5.31. The number of pyridine rings is 1. The van der Waals surface area contributed by atoms with Gasteiger partial charge in [-0.25, -0.2) is 0 Å². The molecule has 0 aliphatic heterocycles. The van der Waals surface area contributed by atoms with Crippen molar-refractivity contribution in [3.8, 4) is 11.5 Å². The van der Waals surface area contributed by atoms with Crippen LogP contribution in [0.3, 0.4) is 0 Å². The number of allylic oxidation sites excluding steroid dienone is 2. The highest BCUT2D eigenvalue weighted by molar-refractivity contribution is 5.92. The average molecular weight is 470 g/mol. The standard InChI is InChI=1S/C25H31N3O6/c1-3-21(4-2)33-14-5-13-31-16-17-32-15-12-27-25(30)24-18-23(10-11-26-24)34-22-8-6-20(7-9-22)28-19-29/h3-4,6-11,18-19H,1,5,12-17H2,2H3,(H,27,30)(H,28,29)/b21-4-. The van der Waals surface area contributed by atoms with Crippen LogP contribution in [0.15, 0.2) is 67.1 Å². The molecule has 0 saturated carbocycles. The molecule has 0 unspecified atom stereocenters. The minimum absolute atomic E-state index is 0.236. The highest BCUT2D eigenvalue weighted by atomic mass is 16.5. The van der Waals surface area contributed by atoms with Crippen LogP contribution < -0.4 is 15.4 Å². The molecular weight excluding hydrogens is 438 g/mol. The van der Waals surface area contributed by atoms with E-state index in [2.05, 4.69) is 22.2 Å². The molecule has 0 aliphatic rings. The predicted octanol–water partition coefficient (Wildman–Crippen LogP) is 3.70. The monoisotopic (exact) mass is 469 g/mol. The fourth-order valence-electron chi connectivity index (χ4n) is 2.68. The van der Waals surface area contributed by atoms with Gasteiger partial charge in [0.2, 0.25) is 6.41 Å². The Hall–Kier alpha value is -3.69. The maximum Gasteiger partial charge on any atom is 0.270 e. The number of hydrogen-bond donors (Lipinski definition) is 2. The lowest BCUT2D eigenvalue weighted by Gasteiger charge is -2.09. The Morgan fingerprint density at radius 3 is 2.50 bits per heavy atom. The van der Waals surface area contributed by atoms with Gasteiger partial charge in [0.05, 0.1) is 26.4 Å². The Kier molecular flexibility index (Phi) is 12.5. The normalized spacial score (nSPS) is 10.9. The summed E-state index contributed by atoms with van der Waals surface area (Å²) in [4.78, 5) is 26.9. The quantitative estimate of drug-likeness (QED) is 0.157. The molecule has 0 atom stereocenters. The van der Waals surface area contributed by atoms with Crippen LogP contribution in [0.5, 0.6) is 11.5 Å². The minimum Gasteiger partial charge on any atom is -0.494 e. The predicted molar refractivity (Wildman–Crippen MR) is 129 cm³/mol. The third-order valence-electron chi connectivity index (χ3n) is 4.37. The first-order valence-electron chi connectivity index (χ1n) is 11.0. The summed E-state index contributed by atoms with van der Waals surface area (Å²) < 4.78 is 22.2. The number of rotatable bonds is 17. The number of benzene rings is 1. The molecule has 0 radical (unpaired) electrons. The van der Waals surface area contributed by atoms with Gasteiger partial charge in [-0.2, -0.15) is 0 Å². The molecule has 0 aliphatic carbocycles. The first-order valence-corrected chi connectivity index (χ1v) is 11.0. The maximum absolute atomic E-state index is 12.3. The number of nitrogens with one attached hydrogen (secondary N) is 2. The summed E-state index contributed by atoms with van der Waals surface area (Å²) in [6, 6.07) is 10.1. The van der Waals surface area contributed by atoms with Crippen LogP contribution in [0.2, 0.25) is 0 Å². The van der Waals surface area contributed by atoms with Gasteiger partial charge in [-0.15, -0.1) is 0 Å². The van der Waals surface area contributed by atoms with Crippen molar-refractivity contribution in [3.63, 3.8) is 0 Å². The molecule has 2 rings (SSSR count). The molecule has 1 aromatic heterocycles. The van der Waals surface area contributed by atoms with E-state index in [4.69, 9.17) is 18.9 Å². The number of nitrogens with zero attached hydrogens (tertiary/aromatic N) is 1. The summed E-state index contributed by atoms with van der Waals surface area (Å²) >= 11 is 0. The van der Waals surface area contributed by atoms with E-state index in [1.54, 1.807) is 42.5 Å². The second kappa shape index (κ2) is 16.0. The third-order valence-corrected chi connectivity index (χ3v) is 4.37. The van der Waals surface area contributed by atoms with Gasteiger partial charge in [-0.1, -0.05) is 6.58 Å². The van der Waals surface area contributed by atoms with Gasteiger partial charge in [0, 0.05) is 37.5 Å². The topological polar surface area (TPSA) is 108 Å². The molecule has 2 N–H and O–H groups in total. The second-order valence-electron chi connectivity index (χ2n) is 6.84. The lowest BCUT2D eigenvalue weighted by Crippen LogP contribution is -2.28. The number of carbonyl (C=O) groups excluding carboxylic acids is 2. The van der Waals surface area contributed by atoms with Crippen molar-refractivity contribution >= 4 is 18.0 Å². The molecule has 182 valence electrons. The van der Waals surface area contributed by atoms with E-state index in [1.165, 1.54) is 6.20 Å². The summed E-state index contributed by atoms with van der Waals surface area (Å²) in [7, 11) is 0. The molecule has 0 fully saturated rings. The molecule has 9 heteroatoms. The number of carbonyl (C=O) groups is 2. The second-order valence-corrected chi connectivity index (χ2v) is 6.84. The lowest BCUT2D eigenvalue weighted by atomic mass is 10.3. The van der Waals surface area contributed by atoms with Crippen LogP contribution >= 0.6 is 0 Å². The van der Waals surface area contributed by atoms with Gasteiger partial charge in [0.1, 0.15) is 23.0 Å². The summed E-state index contributed by atoms with van der Waals surface area (Å²) in [5.41, 5.74) is 0.891. The van der Waals surface area contributed by atoms with Crippen molar-refractivity contribution in [1.29, 1.82) is 0 Å². The van der Waals surface area contributed by atoms with Crippen LogP contribution in [0, 0.1) is 0 Å². The van der Waals surface area contributed by atoms with E-state index in [9.17, 15) is 9.59 Å². The third kappa shape index (κ3) is 10.3. The molecular formula is C25H31N3O6. The van der Waals surface area contributed by atoms with E-state index in [0.29, 0.717) is 63.2 Å². The Morgan fingerprint density at radius 2 is 1.79 bits per heavy atom. The SMILES string of the molecule is C=C/C(=C/C)OCCCOCCOCCNC(=O)c1cc(Oc2ccc(NC=O)cc2)ccn1. The molecule has 1 heterocycles. The van der Waals surface area contributed by atoms with E-state index in [0.717, 1.165) is 12.2 Å². The van der Waals surface area contributed by atoms with E-state index >= 15 is 0 Å². The Bertz CT molecular complexity index is 931. The molecule has 9 nitrogen and oxygen atoms in total. The molecule has 2 amide bonds. The minimum atomic E-state index is -0.323. The molecule has 0 bridgehead atoms. The number of aromatic nitrogens is 1. The van der Waals surface area contributed by atoms with Gasteiger partial charge in [-0.3, -0.25) is 14.6 Å². The van der Waals surface area contributed by atoms with Gasteiger partial charge in [-0.05, 0) is 49.4 Å². The summed E-state index contributed by atoms with van der Waals surface area (Å²) in [6.07, 6.45) is 6.41. The number of amides is 2. The van der Waals surface area contributed by atoms with Gasteiger partial charge >= 0.3 is 0 Å². The first-order chi connectivity index (χ1) is 16.7. The average Bonchev–Trinajstić information content (AvgIpc) is 2.86. The zero-order chi connectivity index (χ0) is 24.4. The van der Waals surface area contributed by atoms with Crippen molar-refractivity contribution in [1.82, 2.24) is 10.3 Å². The molecule has 2 aromatic rings. The zero-order valence-electron chi connectivity index (χ0n) is 19.3. The van der Waals surface area contributed by atoms with Crippen LogP contribution in [0.1, 0.15) is 23.8 Å². The number of ether oxygens (including phenoxy) is 4. The molecule has 34 heavy (non-hydrogen) atoms. The van der Waals surface area contributed by atoms with E-state index in [1.807, 2.05) is 13.0 Å². The van der Waals surface area contributed by atoms with Crippen molar-refractivity contribution in [2.24, 2.45) is 0 Å². The van der Waals surface area contributed by atoms with Crippen molar-refractivity contribution in [3.05, 3.63) is 72.8 Å². The zero-order valence-corrected chi connectivity index (χ0v) is 19.3. The summed E-state index contributed by atoms with van der Waals surface area (Å²) in [5.74, 6) is 1.48. The largest absolute Gasteiger partial charge is 0.494 e. The van der Waals surface area contributed by atoms with E-state index < -0.39 is 0 Å². The van der Waals surface area contributed by atoms with Crippen molar-refractivity contribution in [2.45, 2.75) is 13.3 Å². The molecule has 0 spiro atoms. The van der Waals surface area contributed by atoms with Crippen LogP contribution in [0.25, 0.3) is 0 Å². The smallest absolute Gasteiger partial charge is 0.270 e. The van der Waals surface area contributed by atoms with Crippen molar-refractivity contribution in [2.75, 3.05) is 44.9 Å². The first kappa shape index (κ1) is 26.6. The Labute approximate surface area is 199 Å². The Morgan fingerprint density at radius 1 is 1.03 bits per heavy atom. The number of anilines is 1. The van der Waals surface area contributed by atoms with Crippen LogP contribution in [-0.2, 0) is 19.0 Å². The van der Waals surface area contributed by atoms with E-state index in [-0.39, 0.29) is 11.6 Å². The molecule has 1 aromatic carbocycles. The van der Waals surface area contributed by atoms with Gasteiger partial charge in [0.15, 0.2) is 0 Å². The summed E-state index contributed by atoms with van der Waals surface area (Å²) in [6.45, 7) is 8.33. The lowest BCUT2D eigenvalue weighted by molar-refractivity contribution is -0.105. The Balaban J connectivity index is 1.59.